The van der Waals surface area contributed by atoms with Crippen LogP contribution in [0.5, 0.6) is 11.5 Å². The minimum atomic E-state index is -0.564. The number of aliphatic hydroxyl groups is 2. The van der Waals surface area contributed by atoms with Gasteiger partial charge in [-0.25, -0.2) is 0 Å². The lowest BCUT2D eigenvalue weighted by Crippen LogP contribution is -2.41. The van der Waals surface area contributed by atoms with Crippen LogP contribution < -0.4 is 9.47 Å². The Balaban J connectivity index is 1.91. The molecular weight excluding hydrogens is 332 g/mol. The molecule has 1 fully saturated rings. The number of piperidine rings is 1. The minimum absolute atomic E-state index is 0.200. The van der Waals surface area contributed by atoms with Crippen molar-refractivity contribution in [2.24, 2.45) is 0 Å². The number of methoxy groups -OCH3 is 1. The van der Waals surface area contributed by atoms with Gasteiger partial charge >= 0.3 is 0 Å². The van der Waals surface area contributed by atoms with Crippen LogP contribution in [0.1, 0.15) is 18.4 Å². The Morgan fingerprint density at radius 1 is 1.38 bits per heavy atom. The zero-order valence-corrected chi connectivity index (χ0v) is 15.9. The number of aliphatic hydroxyl groups excluding tert-OH is 2. The molecule has 0 aromatic heterocycles. The average Bonchev–Trinajstić information content (AvgIpc) is 2.62. The maximum atomic E-state index is 10.3. The van der Waals surface area contributed by atoms with Crippen molar-refractivity contribution in [3.05, 3.63) is 36.4 Å². The predicted molar refractivity (Wildman–Crippen MR) is 103 cm³/mol. The molecule has 6 nitrogen and oxygen atoms in total. The number of ether oxygens (including phenoxy) is 2. The van der Waals surface area contributed by atoms with Crippen LogP contribution in [0.2, 0.25) is 0 Å². The summed E-state index contributed by atoms with van der Waals surface area (Å²) in [5, 5.41) is 19.9. The fraction of sp³-hybridized carbons (Fsp3) is 0.600. The number of hydrogen-bond donors (Lipinski definition) is 2. The van der Waals surface area contributed by atoms with Gasteiger partial charge in [0.25, 0.3) is 0 Å². The van der Waals surface area contributed by atoms with E-state index in [1.165, 1.54) is 0 Å². The number of likely N-dealkylation sites (tertiary alicyclic amines) is 1. The lowest BCUT2D eigenvalue weighted by Gasteiger charge is -2.31. The van der Waals surface area contributed by atoms with Gasteiger partial charge in [0, 0.05) is 38.3 Å². The average molecular weight is 364 g/mol. The van der Waals surface area contributed by atoms with Gasteiger partial charge in [-0.15, -0.1) is 6.58 Å². The molecule has 2 N–H and O–H groups in total. The Kier molecular flexibility index (Phi) is 8.38. The Hall–Kier alpha value is -1.60. The van der Waals surface area contributed by atoms with Gasteiger partial charge in [-0.2, -0.15) is 0 Å². The van der Waals surface area contributed by atoms with Crippen molar-refractivity contribution in [3.63, 3.8) is 0 Å². The van der Waals surface area contributed by atoms with Gasteiger partial charge in [-0.05, 0) is 38.1 Å². The molecule has 26 heavy (non-hydrogen) atoms. The fourth-order valence-electron chi connectivity index (χ4n) is 3.16. The smallest absolute Gasteiger partial charge is 0.124 e. The highest BCUT2D eigenvalue weighted by Gasteiger charge is 2.20. The third-order valence-electron chi connectivity index (χ3n) is 4.61. The summed E-state index contributed by atoms with van der Waals surface area (Å²) >= 11 is 0. The number of rotatable bonds is 10. The summed E-state index contributed by atoms with van der Waals surface area (Å²) in [5.74, 6) is 1.54. The quantitative estimate of drug-likeness (QED) is 0.614. The van der Waals surface area contributed by atoms with Crippen molar-refractivity contribution in [1.82, 2.24) is 9.80 Å². The summed E-state index contributed by atoms with van der Waals surface area (Å²) < 4.78 is 11.2. The maximum Gasteiger partial charge on any atom is 0.124 e. The van der Waals surface area contributed by atoms with E-state index in [0.29, 0.717) is 13.1 Å². The van der Waals surface area contributed by atoms with Crippen molar-refractivity contribution in [3.8, 4) is 11.5 Å². The van der Waals surface area contributed by atoms with E-state index in [1.54, 1.807) is 7.11 Å². The monoisotopic (exact) mass is 364 g/mol. The van der Waals surface area contributed by atoms with E-state index in [9.17, 15) is 10.2 Å². The SMILES string of the molecule is C=CCN(C)Cc1cc(OC)ccc1OC[C@H](O)CN1CCC(O)CC1. The van der Waals surface area contributed by atoms with Crippen LogP contribution in [0.3, 0.4) is 0 Å². The Morgan fingerprint density at radius 2 is 2.12 bits per heavy atom. The number of likely N-dealkylation sites (N-methyl/N-ethyl adjacent to an activating group) is 1. The fourth-order valence-corrected chi connectivity index (χ4v) is 3.16. The molecule has 146 valence electrons. The molecule has 6 heteroatoms. The first-order chi connectivity index (χ1) is 12.5. The van der Waals surface area contributed by atoms with Crippen molar-refractivity contribution < 1.29 is 19.7 Å². The summed E-state index contributed by atoms with van der Waals surface area (Å²) in [7, 11) is 3.66. The first-order valence-corrected chi connectivity index (χ1v) is 9.19. The highest BCUT2D eigenvalue weighted by molar-refractivity contribution is 5.40. The van der Waals surface area contributed by atoms with Crippen LogP contribution in [0, 0.1) is 0 Å². The molecule has 0 spiro atoms. The van der Waals surface area contributed by atoms with E-state index in [2.05, 4.69) is 16.4 Å². The number of β-amino-alcohol motifs (C(OH)–C–C–N with tert-alkyl or cyclic N) is 1. The first-order valence-electron chi connectivity index (χ1n) is 9.19. The van der Waals surface area contributed by atoms with Crippen molar-refractivity contribution in [1.29, 1.82) is 0 Å². The second kappa shape index (κ2) is 10.5. The Morgan fingerprint density at radius 3 is 2.77 bits per heavy atom. The minimum Gasteiger partial charge on any atom is -0.497 e. The van der Waals surface area contributed by atoms with E-state index in [4.69, 9.17) is 9.47 Å². The Bertz CT molecular complexity index is 559. The molecule has 1 atom stereocenters. The zero-order chi connectivity index (χ0) is 18.9. The zero-order valence-electron chi connectivity index (χ0n) is 15.9. The van der Waals surface area contributed by atoms with Gasteiger partial charge in [0.15, 0.2) is 0 Å². The number of nitrogens with zero attached hydrogens (tertiary/aromatic N) is 2. The third kappa shape index (κ3) is 6.61. The molecule has 1 aliphatic rings. The lowest BCUT2D eigenvalue weighted by atomic mass is 10.1. The van der Waals surface area contributed by atoms with Crippen LogP contribution >= 0.6 is 0 Å². The summed E-state index contributed by atoms with van der Waals surface area (Å²) in [6, 6.07) is 5.72. The second-order valence-corrected chi connectivity index (χ2v) is 6.96. The predicted octanol–water partition coefficient (Wildman–Crippen LogP) is 1.51. The van der Waals surface area contributed by atoms with E-state index >= 15 is 0 Å². The van der Waals surface area contributed by atoms with Gasteiger partial charge in [-0.1, -0.05) is 6.08 Å². The molecule has 1 saturated heterocycles. The first kappa shape index (κ1) is 20.7. The summed E-state index contributed by atoms with van der Waals surface area (Å²) in [4.78, 5) is 4.30. The van der Waals surface area contributed by atoms with Crippen LogP contribution in [0.25, 0.3) is 0 Å². The van der Waals surface area contributed by atoms with E-state index in [0.717, 1.165) is 49.5 Å². The third-order valence-corrected chi connectivity index (χ3v) is 4.61. The van der Waals surface area contributed by atoms with E-state index < -0.39 is 6.10 Å². The standard InChI is InChI=1S/C20H32N2O4/c1-4-9-21(2)13-16-12-19(25-3)5-6-20(16)26-15-18(24)14-22-10-7-17(23)8-11-22/h4-6,12,17-18,23-24H,1,7-11,13-15H2,2-3H3/t18-/m1/s1. The van der Waals surface area contributed by atoms with Crippen LogP contribution in [-0.4, -0.2) is 79.2 Å². The van der Waals surface area contributed by atoms with E-state index in [-0.39, 0.29) is 12.7 Å². The molecule has 0 saturated carbocycles. The normalized spacial score (nSPS) is 17.3. The van der Waals surface area contributed by atoms with Gasteiger partial charge in [0.1, 0.15) is 24.2 Å². The maximum absolute atomic E-state index is 10.3. The molecule has 0 unspecified atom stereocenters. The van der Waals surface area contributed by atoms with Crippen LogP contribution in [-0.2, 0) is 6.54 Å². The lowest BCUT2D eigenvalue weighted by molar-refractivity contribution is 0.0335. The van der Waals surface area contributed by atoms with Crippen molar-refractivity contribution in [2.75, 3.05) is 46.9 Å². The Labute approximate surface area is 156 Å². The van der Waals surface area contributed by atoms with Gasteiger partial charge < -0.3 is 24.6 Å². The molecule has 1 aromatic rings. The van der Waals surface area contributed by atoms with Crippen LogP contribution in [0.4, 0.5) is 0 Å². The number of benzene rings is 1. The summed E-state index contributed by atoms with van der Waals surface area (Å²) in [6.45, 7) is 7.69. The molecule has 1 aromatic carbocycles. The van der Waals surface area contributed by atoms with Crippen LogP contribution in [0.15, 0.2) is 30.9 Å². The molecule has 1 heterocycles. The summed E-state index contributed by atoms with van der Waals surface area (Å²) in [5.41, 5.74) is 1.02. The highest BCUT2D eigenvalue weighted by atomic mass is 16.5. The topological polar surface area (TPSA) is 65.4 Å². The van der Waals surface area contributed by atoms with Gasteiger partial charge in [-0.3, -0.25) is 4.90 Å². The largest absolute Gasteiger partial charge is 0.497 e. The molecule has 2 rings (SSSR count). The van der Waals surface area contributed by atoms with E-state index in [1.807, 2.05) is 31.3 Å². The molecular formula is C20H32N2O4. The summed E-state index contributed by atoms with van der Waals surface area (Å²) in [6.07, 6.45) is 2.64. The molecule has 0 bridgehead atoms. The molecule has 0 radical (unpaired) electrons. The second-order valence-electron chi connectivity index (χ2n) is 6.96. The van der Waals surface area contributed by atoms with Gasteiger partial charge in [0.2, 0.25) is 0 Å². The molecule has 0 amide bonds. The van der Waals surface area contributed by atoms with Crippen molar-refractivity contribution >= 4 is 0 Å². The van der Waals surface area contributed by atoms with Gasteiger partial charge in [0.05, 0.1) is 13.2 Å². The van der Waals surface area contributed by atoms with Crippen molar-refractivity contribution in [2.45, 2.75) is 31.6 Å². The molecule has 1 aliphatic heterocycles. The number of hydrogen-bond acceptors (Lipinski definition) is 6. The molecule has 0 aliphatic carbocycles. The highest BCUT2D eigenvalue weighted by Crippen LogP contribution is 2.25.